The summed E-state index contributed by atoms with van der Waals surface area (Å²) in [5.74, 6) is 0.973. The largest absolute Gasteiger partial charge is 0.378 e. The standard InChI is InChI=1S/C22H24N4O2/c1-14-23-10-16(11-24-14)15-5-8-19-20(9-15)26(21(27)22(19,2)3)18-7-6-17(13-28-4)25-12-18/h5-7,9-12,19H,8,13H2,1-4H3. The molecule has 2 aliphatic rings. The van der Waals surface area contributed by atoms with Crippen molar-refractivity contribution in [1.29, 1.82) is 0 Å². The first-order valence-electron chi connectivity index (χ1n) is 9.41. The van der Waals surface area contributed by atoms with Crippen molar-refractivity contribution in [2.75, 3.05) is 12.0 Å². The zero-order chi connectivity index (χ0) is 19.9. The smallest absolute Gasteiger partial charge is 0.237 e. The molecule has 6 nitrogen and oxygen atoms in total. The van der Waals surface area contributed by atoms with Gasteiger partial charge in [0, 0.05) is 36.7 Å². The van der Waals surface area contributed by atoms with Gasteiger partial charge >= 0.3 is 0 Å². The molecular formula is C22H24N4O2. The molecule has 1 fully saturated rings. The summed E-state index contributed by atoms with van der Waals surface area (Å²) in [7, 11) is 1.64. The summed E-state index contributed by atoms with van der Waals surface area (Å²) in [4.78, 5) is 28.1. The lowest BCUT2D eigenvalue weighted by atomic mass is 9.75. The van der Waals surface area contributed by atoms with Crippen LogP contribution in [0.4, 0.5) is 5.69 Å². The number of methoxy groups -OCH3 is 1. The van der Waals surface area contributed by atoms with Gasteiger partial charge in [-0.2, -0.15) is 0 Å². The number of allylic oxidation sites excluding steroid dienone is 4. The van der Waals surface area contributed by atoms with Crippen LogP contribution in [0.15, 0.2) is 48.6 Å². The Morgan fingerprint density at radius 3 is 2.57 bits per heavy atom. The van der Waals surface area contributed by atoms with Crippen LogP contribution in [-0.4, -0.2) is 28.0 Å². The van der Waals surface area contributed by atoms with Crippen molar-refractivity contribution < 1.29 is 9.53 Å². The number of fused-ring (bicyclic) bond motifs is 1. The number of anilines is 1. The molecule has 0 aromatic carbocycles. The number of nitrogens with zero attached hydrogens (tertiary/aromatic N) is 4. The number of pyridine rings is 1. The Balaban J connectivity index is 1.74. The lowest BCUT2D eigenvalue weighted by molar-refractivity contribution is -0.125. The summed E-state index contributed by atoms with van der Waals surface area (Å²) in [6.45, 7) is 6.36. The molecule has 0 spiro atoms. The van der Waals surface area contributed by atoms with Crippen molar-refractivity contribution in [3.63, 3.8) is 0 Å². The van der Waals surface area contributed by atoms with Gasteiger partial charge in [0.25, 0.3) is 0 Å². The first kappa shape index (κ1) is 18.5. The summed E-state index contributed by atoms with van der Waals surface area (Å²) in [5.41, 5.74) is 4.17. The minimum absolute atomic E-state index is 0.0971. The maximum atomic E-state index is 13.3. The van der Waals surface area contributed by atoms with Gasteiger partial charge in [-0.05, 0) is 37.1 Å². The third kappa shape index (κ3) is 3.03. The third-order valence-corrected chi connectivity index (χ3v) is 5.59. The molecule has 0 saturated carbocycles. The van der Waals surface area contributed by atoms with Crippen LogP contribution in [-0.2, 0) is 16.1 Å². The molecule has 1 aliphatic heterocycles. The molecule has 28 heavy (non-hydrogen) atoms. The van der Waals surface area contributed by atoms with Gasteiger partial charge in [-0.3, -0.25) is 14.7 Å². The van der Waals surface area contributed by atoms with Crippen LogP contribution in [0.2, 0.25) is 0 Å². The molecule has 2 aromatic rings. The molecule has 144 valence electrons. The molecule has 3 heterocycles. The van der Waals surface area contributed by atoms with Crippen molar-refractivity contribution >= 4 is 17.2 Å². The summed E-state index contributed by atoms with van der Waals surface area (Å²) in [6.07, 6.45) is 10.5. The molecule has 6 heteroatoms. The fraction of sp³-hybridized carbons (Fsp3) is 0.364. The lowest BCUT2D eigenvalue weighted by Gasteiger charge is -2.26. The SMILES string of the molecule is COCc1ccc(N2C(=O)C(C)(C)C3CC=C(c4cnc(C)nc4)C=C32)cn1. The van der Waals surface area contributed by atoms with E-state index in [4.69, 9.17) is 4.74 Å². The minimum atomic E-state index is -0.469. The first-order chi connectivity index (χ1) is 13.4. The molecule has 1 saturated heterocycles. The maximum Gasteiger partial charge on any atom is 0.237 e. The predicted molar refractivity (Wildman–Crippen MR) is 107 cm³/mol. The Morgan fingerprint density at radius 1 is 1.18 bits per heavy atom. The number of ether oxygens (including phenoxy) is 1. The fourth-order valence-electron chi connectivity index (χ4n) is 3.91. The monoisotopic (exact) mass is 376 g/mol. The van der Waals surface area contributed by atoms with Gasteiger partial charge in [-0.15, -0.1) is 0 Å². The highest BCUT2D eigenvalue weighted by atomic mass is 16.5. The number of hydrogen-bond donors (Lipinski definition) is 0. The van der Waals surface area contributed by atoms with Gasteiger partial charge in [-0.1, -0.05) is 19.9 Å². The summed E-state index contributed by atoms with van der Waals surface area (Å²) in [5, 5.41) is 0. The maximum absolute atomic E-state index is 13.3. The van der Waals surface area contributed by atoms with Crippen LogP contribution in [0, 0.1) is 18.3 Å². The zero-order valence-electron chi connectivity index (χ0n) is 16.6. The highest BCUT2D eigenvalue weighted by Crippen LogP contribution is 2.50. The number of aromatic nitrogens is 3. The number of carbonyl (C=O) groups excluding carboxylic acids is 1. The van der Waals surface area contributed by atoms with Gasteiger partial charge in [0.1, 0.15) is 5.82 Å². The fourth-order valence-corrected chi connectivity index (χ4v) is 3.91. The molecule has 0 radical (unpaired) electrons. The molecule has 0 bridgehead atoms. The molecule has 1 unspecified atom stereocenters. The molecular weight excluding hydrogens is 352 g/mol. The van der Waals surface area contributed by atoms with Gasteiger partial charge in [0.05, 0.1) is 29.6 Å². The number of rotatable bonds is 4. The second kappa shape index (κ2) is 6.95. The van der Waals surface area contributed by atoms with Crippen molar-refractivity contribution in [1.82, 2.24) is 15.0 Å². The quantitative estimate of drug-likeness (QED) is 0.814. The van der Waals surface area contributed by atoms with Crippen molar-refractivity contribution in [3.8, 4) is 0 Å². The molecule has 2 aromatic heterocycles. The van der Waals surface area contributed by atoms with Gasteiger partial charge < -0.3 is 4.74 Å². The van der Waals surface area contributed by atoms with Crippen LogP contribution in [0.3, 0.4) is 0 Å². The van der Waals surface area contributed by atoms with Crippen LogP contribution in [0.5, 0.6) is 0 Å². The number of carbonyl (C=O) groups is 1. The van der Waals surface area contributed by atoms with Gasteiger partial charge in [-0.25, -0.2) is 9.97 Å². The summed E-state index contributed by atoms with van der Waals surface area (Å²) >= 11 is 0. The predicted octanol–water partition coefficient (Wildman–Crippen LogP) is 3.69. The zero-order valence-corrected chi connectivity index (χ0v) is 16.6. The molecule has 4 rings (SSSR count). The lowest BCUT2D eigenvalue weighted by Crippen LogP contribution is -2.31. The number of hydrogen-bond acceptors (Lipinski definition) is 5. The highest BCUT2D eigenvalue weighted by Gasteiger charge is 2.51. The van der Waals surface area contributed by atoms with Gasteiger partial charge in [0.2, 0.25) is 5.91 Å². The van der Waals surface area contributed by atoms with E-state index >= 15 is 0 Å². The summed E-state index contributed by atoms with van der Waals surface area (Å²) in [6, 6.07) is 3.84. The van der Waals surface area contributed by atoms with Crippen LogP contribution in [0.1, 0.15) is 37.4 Å². The normalized spacial score (nSPS) is 20.6. The van der Waals surface area contributed by atoms with E-state index in [0.717, 1.165) is 40.5 Å². The Kier molecular flexibility index (Phi) is 4.59. The van der Waals surface area contributed by atoms with Crippen molar-refractivity contribution in [3.05, 3.63) is 65.7 Å². The Hall–Kier alpha value is -2.86. The molecule has 0 N–H and O–H groups in total. The van der Waals surface area contributed by atoms with Crippen molar-refractivity contribution in [2.45, 2.75) is 33.8 Å². The Morgan fingerprint density at radius 2 is 1.93 bits per heavy atom. The Labute approximate surface area is 165 Å². The van der Waals surface area contributed by atoms with E-state index in [1.165, 1.54) is 0 Å². The topological polar surface area (TPSA) is 68.2 Å². The van der Waals surface area contributed by atoms with E-state index in [0.29, 0.717) is 6.61 Å². The van der Waals surface area contributed by atoms with Crippen LogP contribution >= 0.6 is 0 Å². The van der Waals surface area contributed by atoms with Crippen molar-refractivity contribution in [2.24, 2.45) is 11.3 Å². The van der Waals surface area contributed by atoms with E-state index in [1.807, 2.05) is 50.2 Å². The number of aryl methyl sites for hydroxylation is 1. The van der Waals surface area contributed by atoms with E-state index in [1.54, 1.807) is 13.3 Å². The van der Waals surface area contributed by atoms with E-state index in [-0.39, 0.29) is 11.8 Å². The average Bonchev–Trinajstić information content (AvgIpc) is 2.89. The average molecular weight is 376 g/mol. The molecule has 1 aliphatic carbocycles. The second-order valence-corrected chi connectivity index (χ2v) is 7.84. The Bertz CT molecular complexity index is 959. The van der Waals surface area contributed by atoms with Gasteiger partial charge in [0.15, 0.2) is 0 Å². The highest BCUT2D eigenvalue weighted by molar-refractivity contribution is 6.04. The van der Waals surface area contributed by atoms with E-state index in [2.05, 4.69) is 27.1 Å². The second-order valence-electron chi connectivity index (χ2n) is 7.84. The number of amides is 1. The van der Waals surface area contributed by atoms with Crippen LogP contribution < -0.4 is 4.90 Å². The molecule has 1 atom stereocenters. The van der Waals surface area contributed by atoms with E-state index in [9.17, 15) is 4.79 Å². The minimum Gasteiger partial charge on any atom is -0.378 e. The van der Waals surface area contributed by atoms with E-state index < -0.39 is 5.41 Å². The summed E-state index contributed by atoms with van der Waals surface area (Å²) < 4.78 is 5.13. The first-order valence-corrected chi connectivity index (χ1v) is 9.41. The van der Waals surface area contributed by atoms with Crippen LogP contribution in [0.25, 0.3) is 5.57 Å². The molecule has 1 amide bonds. The third-order valence-electron chi connectivity index (χ3n) is 5.59.